The van der Waals surface area contributed by atoms with Crippen molar-refractivity contribution < 1.29 is 8.78 Å². The van der Waals surface area contributed by atoms with Crippen molar-refractivity contribution in [3.63, 3.8) is 0 Å². The summed E-state index contributed by atoms with van der Waals surface area (Å²) < 4.78 is 27.2. The van der Waals surface area contributed by atoms with Gasteiger partial charge in [-0.2, -0.15) is 0 Å². The first-order valence-corrected chi connectivity index (χ1v) is 7.73. The molecule has 1 N–H and O–H groups in total. The molecule has 0 spiro atoms. The fraction of sp³-hybridized carbons (Fsp3) is 0.647. The van der Waals surface area contributed by atoms with Gasteiger partial charge in [-0.25, -0.2) is 8.78 Å². The lowest BCUT2D eigenvalue weighted by Crippen LogP contribution is -2.18. The molecule has 0 heterocycles. The molecule has 0 aliphatic rings. The minimum Gasteiger partial charge on any atom is -0.313 e. The summed E-state index contributed by atoms with van der Waals surface area (Å²) >= 11 is 0. The molecule has 0 radical (unpaired) electrons. The van der Waals surface area contributed by atoms with Crippen LogP contribution in [0.4, 0.5) is 8.78 Å². The highest BCUT2D eigenvalue weighted by Gasteiger charge is 2.15. The SMILES string of the molecule is CCCCCCCCC(NC)c1cc(C)c(F)cc1F. The van der Waals surface area contributed by atoms with Crippen LogP contribution in [-0.4, -0.2) is 7.05 Å². The summed E-state index contributed by atoms with van der Waals surface area (Å²) in [7, 11) is 1.83. The fourth-order valence-electron chi connectivity index (χ4n) is 2.53. The molecule has 1 unspecified atom stereocenters. The number of unbranched alkanes of at least 4 members (excludes halogenated alkanes) is 5. The van der Waals surface area contributed by atoms with Gasteiger partial charge < -0.3 is 5.32 Å². The Hall–Kier alpha value is -0.960. The van der Waals surface area contributed by atoms with Crippen LogP contribution in [0.25, 0.3) is 0 Å². The summed E-state index contributed by atoms with van der Waals surface area (Å²) in [6.45, 7) is 3.88. The van der Waals surface area contributed by atoms with Crippen LogP contribution in [0.2, 0.25) is 0 Å². The first kappa shape index (κ1) is 17.1. The maximum absolute atomic E-state index is 13.9. The zero-order valence-electron chi connectivity index (χ0n) is 12.9. The second-order valence-electron chi connectivity index (χ2n) is 5.52. The van der Waals surface area contributed by atoms with E-state index in [9.17, 15) is 8.78 Å². The Kier molecular flexibility index (Phi) is 7.75. The first-order valence-electron chi connectivity index (χ1n) is 7.73. The summed E-state index contributed by atoms with van der Waals surface area (Å²) in [5.41, 5.74) is 1.09. The Morgan fingerprint density at radius 2 is 1.65 bits per heavy atom. The molecule has 3 heteroatoms. The number of aryl methyl sites for hydroxylation is 1. The summed E-state index contributed by atoms with van der Waals surface area (Å²) in [5, 5.41) is 3.15. The third-order valence-electron chi connectivity index (χ3n) is 3.85. The van der Waals surface area contributed by atoms with Gasteiger partial charge in [0.15, 0.2) is 0 Å². The van der Waals surface area contributed by atoms with Gasteiger partial charge in [0.25, 0.3) is 0 Å². The maximum atomic E-state index is 13.9. The number of nitrogens with one attached hydrogen (secondary N) is 1. The number of hydrogen-bond acceptors (Lipinski definition) is 1. The van der Waals surface area contributed by atoms with Gasteiger partial charge in [-0.15, -0.1) is 0 Å². The molecule has 1 aromatic carbocycles. The van der Waals surface area contributed by atoms with Crippen molar-refractivity contribution in [1.29, 1.82) is 0 Å². The van der Waals surface area contributed by atoms with E-state index in [4.69, 9.17) is 0 Å². The molecule has 0 aromatic heterocycles. The van der Waals surface area contributed by atoms with Crippen LogP contribution in [0, 0.1) is 18.6 Å². The summed E-state index contributed by atoms with van der Waals surface area (Å²) in [4.78, 5) is 0. The number of hydrogen-bond donors (Lipinski definition) is 1. The molecule has 0 fully saturated rings. The van der Waals surface area contributed by atoms with Gasteiger partial charge >= 0.3 is 0 Å². The number of rotatable bonds is 9. The molecular formula is C17H27F2N. The normalized spacial score (nSPS) is 12.7. The average molecular weight is 283 g/mol. The Balaban J connectivity index is 2.52. The van der Waals surface area contributed by atoms with Gasteiger partial charge in [-0.3, -0.25) is 0 Å². The van der Waals surface area contributed by atoms with E-state index in [-0.39, 0.29) is 6.04 Å². The Morgan fingerprint density at radius 1 is 1.00 bits per heavy atom. The fourth-order valence-corrected chi connectivity index (χ4v) is 2.53. The highest BCUT2D eigenvalue weighted by atomic mass is 19.1. The van der Waals surface area contributed by atoms with Crippen LogP contribution in [0.1, 0.15) is 69.0 Å². The maximum Gasteiger partial charge on any atom is 0.130 e. The van der Waals surface area contributed by atoms with E-state index in [1.807, 2.05) is 7.05 Å². The van der Waals surface area contributed by atoms with Crippen LogP contribution in [0.5, 0.6) is 0 Å². The minimum atomic E-state index is -0.472. The van der Waals surface area contributed by atoms with Crippen molar-refractivity contribution in [1.82, 2.24) is 5.32 Å². The van der Waals surface area contributed by atoms with Crippen molar-refractivity contribution >= 4 is 0 Å². The second-order valence-corrected chi connectivity index (χ2v) is 5.52. The lowest BCUT2D eigenvalue weighted by molar-refractivity contribution is 0.471. The van der Waals surface area contributed by atoms with Crippen LogP contribution in [0.3, 0.4) is 0 Å². The molecule has 1 aromatic rings. The summed E-state index contributed by atoms with van der Waals surface area (Å²) in [6.07, 6.45) is 8.22. The highest BCUT2D eigenvalue weighted by Crippen LogP contribution is 2.25. The molecule has 0 aliphatic carbocycles. The van der Waals surface area contributed by atoms with Gasteiger partial charge in [0.2, 0.25) is 0 Å². The second kappa shape index (κ2) is 9.06. The van der Waals surface area contributed by atoms with Crippen LogP contribution >= 0.6 is 0 Å². The molecule has 0 bridgehead atoms. The van der Waals surface area contributed by atoms with Gasteiger partial charge in [0, 0.05) is 17.7 Å². The lowest BCUT2D eigenvalue weighted by Gasteiger charge is -2.18. The predicted molar refractivity (Wildman–Crippen MR) is 80.9 cm³/mol. The van der Waals surface area contributed by atoms with Crippen LogP contribution in [-0.2, 0) is 0 Å². The van der Waals surface area contributed by atoms with E-state index in [1.54, 1.807) is 13.0 Å². The molecule has 1 atom stereocenters. The number of benzene rings is 1. The molecule has 20 heavy (non-hydrogen) atoms. The van der Waals surface area contributed by atoms with E-state index in [0.29, 0.717) is 11.1 Å². The average Bonchev–Trinajstić information content (AvgIpc) is 2.43. The van der Waals surface area contributed by atoms with E-state index in [1.165, 1.54) is 32.1 Å². The molecule has 114 valence electrons. The van der Waals surface area contributed by atoms with E-state index < -0.39 is 11.6 Å². The molecular weight excluding hydrogens is 256 g/mol. The molecule has 0 amide bonds. The van der Waals surface area contributed by atoms with Crippen molar-refractivity contribution in [3.05, 3.63) is 34.9 Å². The summed E-state index contributed by atoms with van der Waals surface area (Å²) in [6, 6.07) is 2.60. The summed E-state index contributed by atoms with van der Waals surface area (Å²) in [5.74, 6) is -0.917. The van der Waals surface area contributed by atoms with Crippen molar-refractivity contribution in [3.8, 4) is 0 Å². The van der Waals surface area contributed by atoms with Crippen molar-refractivity contribution in [2.45, 2.75) is 64.8 Å². The molecule has 1 nitrogen and oxygen atoms in total. The zero-order valence-corrected chi connectivity index (χ0v) is 12.9. The van der Waals surface area contributed by atoms with Gasteiger partial charge in [0.05, 0.1) is 0 Å². The van der Waals surface area contributed by atoms with E-state index in [2.05, 4.69) is 12.2 Å². The highest BCUT2D eigenvalue weighted by molar-refractivity contribution is 5.28. The van der Waals surface area contributed by atoms with Gasteiger partial charge in [0.1, 0.15) is 11.6 Å². The molecule has 0 aliphatic heterocycles. The van der Waals surface area contributed by atoms with Crippen LogP contribution < -0.4 is 5.32 Å². The van der Waals surface area contributed by atoms with Crippen molar-refractivity contribution in [2.75, 3.05) is 7.05 Å². The third kappa shape index (κ3) is 5.20. The standard InChI is InChI=1S/C17H27F2N/c1-4-5-6-7-8-9-10-17(20-3)14-11-13(2)15(18)12-16(14)19/h11-12,17,20H,4-10H2,1-3H3. The van der Waals surface area contributed by atoms with Gasteiger partial charge in [-0.05, 0) is 32.0 Å². The van der Waals surface area contributed by atoms with Crippen molar-refractivity contribution in [2.24, 2.45) is 0 Å². The quantitative estimate of drug-likeness (QED) is 0.608. The molecule has 1 rings (SSSR count). The molecule has 0 saturated carbocycles. The monoisotopic (exact) mass is 283 g/mol. The zero-order chi connectivity index (χ0) is 15.0. The topological polar surface area (TPSA) is 12.0 Å². The Bertz CT molecular complexity index is 404. The first-order chi connectivity index (χ1) is 9.60. The number of halogens is 2. The lowest BCUT2D eigenvalue weighted by atomic mass is 9.97. The predicted octanol–water partition coefficient (Wildman–Crippen LogP) is 5.28. The van der Waals surface area contributed by atoms with E-state index in [0.717, 1.165) is 18.9 Å². The smallest absolute Gasteiger partial charge is 0.130 e. The minimum absolute atomic E-state index is 0.0273. The van der Waals surface area contributed by atoms with E-state index >= 15 is 0 Å². The third-order valence-corrected chi connectivity index (χ3v) is 3.85. The molecule has 0 saturated heterocycles. The van der Waals surface area contributed by atoms with Crippen LogP contribution in [0.15, 0.2) is 12.1 Å². The van der Waals surface area contributed by atoms with Gasteiger partial charge in [-0.1, -0.05) is 45.4 Å². The largest absolute Gasteiger partial charge is 0.313 e. The Morgan fingerprint density at radius 3 is 2.30 bits per heavy atom. The Labute approximate surface area is 121 Å².